The number of carbonyl (C=O) groups is 4. The fourth-order valence-corrected chi connectivity index (χ4v) is 3.70. The van der Waals surface area contributed by atoms with Crippen molar-refractivity contribution >= 4 is 52.4 Å². The summed E-state index contributed by atoms with van der Waals surface area (Å²) in [5.41, 5.74) is 0.983. The lowest BCUT2D eigenvalue weighted by Crippen LogP contribution is -2.32. The molecule has 0 saturated carbocycles. The van der Waals surface area contributed by atoms with Gasteiger partial charge in [0.2, 0.25) is 0 Å². The number of benzene rings is 3. The van der Waals surface area contributed by atoms with Gasteiger partial charge in [0.1, 0.15) is 16.5 Å². The Bertz CT molecular complexity index is 1400. The van der Waals surface area contributed by atoms with Gasteiger partial charge in [0.05, 0.1) is 23.5 Å². The van der Waals surface area contributed by atoms with Gasteiger partial charge in [-0.05, 0) is 61.5 Å². The number of amides is 3. The number of imide groups is 1. The predicted octanol–water partition coefficient (Wildman–Crippen LogP) is 4.69. The summed E-state index contributed by atoms with van der Waals surface area (Å²) >= 11 is 6.14. The van der Waals surface area contributed by atoms with E-state index < -0.39 is 29.5 Å². The van der Waals surface area contributed by atoms with Crippen LogP contribution in [0.25, 0.3) is 0 Å². The molecule has 3 aromatic rings. The van der Waals surface area contributed by atoms with Crippen LogP contribution in [0.3, 0.4) is 0 Å². The zero-order valence-corrected chi connectivity index (χ0v) is 19.6. The molecule has 1 aliphatic rings. The highest BCUT2D eigenvalue weighted by Gasteiger charge is 2.39. The highest BCUT2D eigenvalue weighted by molar-refractivity contribution is 6.53. The molecule has 1 aliphatic heterocycles. The van der Waals surface area contributed by atoms with Gasteiger partial charge in [0.15, 0.2) is 0 Å². The highest BCUT2D eigenvalue weighted by Crippen LogP contribution is 2.30. The number of halogens is 2. The van der Waals surface area contributed by atoms with E-state index in [-0.39, 0.29) is 39.8 Å². The SMILES string of the molecule is CCOC(=O)c1ccccc1NC(=O)c1cccc(NC2=C(Cl)C(=O)N(c3ccc(F)cc3)C2=O)c1. The third-order valence-electron chi connectivity index (χ3n) is 5.18. The lowest BCUT2D eigenvalue weighted by atomic mass is 10.1. The molecule has 0 fully saturated rings. The predicted molar refractivity (Wildman–Crippen MR) is 132 cm³/mol. The summed E-state index contributed by atoms with van der Waals surface area (Å²) < 4.78 is 18.3. The Labute approximate surface area is 210 Å². The molecule has 1 heterocycles. The van der Waals surface area contributed by atoms with Crippen LogP contribution in [0.5, 0.6) is 0 Å². The van der Waals surface area contributed by atoms with Gasteiger partial charge in [0, 0.05) is 11.3 Å². The number of carbonyl (C=O) groups excluding carboxylic acids is 4. The molecule has 0 aromatic heterocycles. The number of hydrogen-bond acceptors (Lipinski definition) is 6. The second kappa shape index (κ2) is 10.4. The number of rotatable bonds is 7. The Kier molecular flexibility index (Phi) is 7.12. The van der Waals surface area contributed by atoms with E-state index in [1.54, 1.807) is 37.3 Å². The molecule has 8 nitrogen and oxygen atoms in total. The summed E-state index contributed by atoms with van der Waals surface area (Å²) in [6.45, 7) is 1.87. The summed E-state index contributed by atoms with van der Waals surface area (Å²) in [6, 6.07) is 17.4. The molecule has 10 heteroatoms. The average Bonchev–Trinajstić information content (AvgIpc) is 3.08. The van der Waals surface area contributed by atoms with Gasteiger partial charge >= 0.3 is 5.97 Å². The maximum absolute atomic E-state index is 13.3. The van der Waals surface area contributed by atoms with Gasteiger partial charge in [-0.15, -0.1) is 0 Å². The molecule has 0 aliphatic carbocycles. The van der Waals surface area contributed by atoms with E-state index in [1.807, 2.05) is 0 Å². The second-order valence-electron chi connectivity index (χ2n) is 7.54. The molecular weight excluding hydrogens is 489 g/mol. The van der Waals surface area contributed by atoms with Crippen molar-refractivity contribution in [3.63, 3.8) is 0 Å². The minimum Gasteiger partial charge on any atom is -0.462 e. The molecule has 0 saturated heterocycles. The highest BCUT2D eigenvalue weighted by atomic mass is 35.5. The maximum atomic E-state index is 13.3. The quantitative estimate of drug-likeness (QED) is 0.355. The van der Waals surface area contributed by atoms with E-state index >= 15 is 0 Å². The molecular formula is C26H19ClFN3O5. The van der Waals surface area contributed by atoms with Crippen LogP contribution in [0.15, 0.2) is 83.5 Å². The van der Waals surface area contributed by atoms with Gasteiger partial charge in [-0.3, -0.25) is 14.4 Å². The molecule has 0 radical (unpaired) electrons. The van der Waals surface area contributed by atoms with Crippen LogP contribution in [-0.2, 0) is 14.3 Å². The zero-order valence-electron chi connectivity index (χ0n) is 18.9. The largest absolute Gasteiger partial charge is 0.462 e. The number of nitrogens with zero attached hydrogens (tertiary/aromatic N) is 1. The molecule has 2 N–H and O–H groups in total. The first-order chi connectivity index (χ1) is 17.3. The van der Waals surface area contributed by atoms with Gasteiger partial charge < -0.3 is 15.4 Å². The van der Waals surface area contributed by atoms with Crippen molar-refractivity contribution in [2.45, 2.75) is 6.92 Å². The van der Waals surface area contributed by atoms with E-state index in [4.69, 9.17) is 16.3 Å². The van der Waals surface area contributed by atoms with E-state index in [2.05, 4.69) is 10.6 Å². The Morgan fingerprint density at radius 1 is 0.972 bits per heavy atom. The molecule has 4 rings (SSSR count). The maximum Gasteiger partial charge on any atom is 0.340 e. The van der Waals surface area contributed by atoms with Crippen LogP contribution >= 0.6 is 11.6 Å². The van der Waals surface area contributed by atoms with Gasteiger partial charge in [-0.2, -0.15) is 0 Å². The van der Waals surface area contributed by atoms with Crippen molar-refractivity contribution in [3.8, 4) is 0 Å². The van der Waals surface area contributed by atoms with Gasteiger partial charge in [-0.1, -0.05) is 29.8 Å². The van der Waals surface area contributed by atoms with E-state index in [1.165, 1.54) is 30.3 Å². The Hall–Kier alpha value is -4.50. The number of anilines is 3. The number of nitrogens with one attached hydrogen (secondary N) is 2. The first kappa shape index (κ1) is 24.6. The standard InChI is InChI=1S/C26H19ClFN3O5/c1-2-36-26(35)19-8-3-4-9-20(19)30-23(32)15-6-5-7-17(14-15)29-22-21(27)24(33)31(25(22)34)18-12-10-16(28)11-13-18/h3-14,29H,2H2,1H3,(H,30,32). The number of para-hydroxylation sites is 1. The Balaban J connectivity index is 1.53. The molecule has 0 atom stereocenters. The first-order valence-electron chi connectivity index (χ1n) is 10.8. The van der Waals surface area contributed by atoms with Crippen molar-refractivity contribution in [2.75, 3.05) is 22.1 Å². The lowest BCUT2D eigenvalue weighted by Gasteiger charge is -2.15. The fraction of sp³-hybridized carbons (Fsp3) is 0.0769. The normalized spacial score (nSPS) is 13.1. The van der Waals surface area contributed by atoms with Gasteiger partial charge in [0.25, 0.3) is 17.7 Å². The summed E-state index contributed by atoms with van der Waals surface area (Å²) in [5, 5.41) is 5.13. The number of hydrogen-bond donors (Lipinski definition) is 2. The van der Waals surface area contributed by atoms with Crippen molar-refractivity contribution < 1.29 is 28.3 Å². The topological polar surface area (TPSA) is 105 Å². The molecule has 0 bridgehead atoms. The number of ether oxygens (including phenoxy) is 1. The second-order valence-corrected chi connectivity index (χ2v) is 7.92. The van der Waals surface area contributed by atoms with Crippen molar-refractivity contribution in [2.24, 2.45) is 0 Å². The summed E-state index contributed by atoms with van der Waals surface area (Å²) in [5.74, 6) is -3.09. The molecule has 3 aromatic carbocycles. The summed E-state index contributed by atoms with van der Waals surface area (Å²) in [6.07, 6.45) is 0. The number of esters is 1. The first-order valence-corrected chi connectivity index (χ1v) is 11.2. The van der Waals surface area contributed by atoms with E-state index in [0.717, 1.165) is 17.0 Å². The minimum atomic E-state index is -0.764. The summed E-state index contributed by atoms with van der Waals surface area (Å²) in [7, 11) is 0. The van der Waals surface area contributed by atoms with E-state index in [0.29, 0.717) is 5.69 Å². The van der Waals surface area contributed by atoms with Crippen LogP contribution in [-0.4, -0.2) is 30.3 Å². The average molecular weight is 508 g/mol. The zero-order chi connectivity index (χ0) is 25.8. The van der Waals surface area contributed by atoms with E-state index in [9.17, 15) is 23.6 Å². The van der Waals surface area contributed by atoms with Crippen molar-refractivity contribution in [1.29, 1.82) is 0 Å². The molecule has 182 valence electrons. The Morgan fingerprint density at radius 2 is 1.69 bits per heavy atom. The third kappa shape index (κ3) is 4.96. The van der Waals surface area contributed by atoms with Gasteiger partial charge in [-0.25, -0.2) is 14.1 Å². The fourth-order valence-electron chi connectivity index (χ4n) is 3.49. The lowest BCUT2D eigenvalue weighted by molar-refractivity contribution is -0.120. The van der Waals surface area contributed by atoms with Crippen LogP contribution in [0.2, 0.25) is 0 Å². The van der Waals surface area contributed by atoms with Crippen LogP contribution in [0.4, 0.5) is 21.5 Å². The van der Waals surface area contributed by atoms with Crippen LogP contribution in [0, 0.1) is 5.82 Å². The Morgan fingerprint density at radius 3 is 2.42 bits per heavy atom. The smallest absolute Gasteiger partial charge is 0.340 e. The monoisotopic (exact) mass is 507 g/mol. The molecule has 36 heavy (non-hydrogen) atoms. The minimum absolute atomic E-state index is 0.162. The molecule has 0 unspecified atom stereocenters. The summed E-state index contributed by atoms with van der Waals surface area (Å²) in [4.78, 5) is 51.4. The molecule has 3 amide bonds. The van der Waals surface area contributed by atoms with Crippen molar-refractivity contribution in [3.05, 3.63) is 100 Å². The van der Waals surface area contributed by atoms with Crippen LogP contribution < -0.4 is 15.5 Å². The van der Waals surface area contributed by atoms with Crippen molar-refractivity contribution in [1.82, 2.24) is 0 Å². The van der Waals surface area contributed by atoms with Crippen LogP contribution in [0.1, 0.15) is 27.6 Å². The third-order valence-corrected chi connectivity index (χ3v) is 5.53. The molecule has 0 spiro atoms.